The Morgan fingerprint density at radius 1 is 1.15 bits per heavy atom. The van der Waals surface area contributed by atoms with E-state index in [-0.39, 0.29) is 34.3 Å². The number of rotatable bonds is 5. The molecule has 0 atom stereocenters. The molecule has 0 bridgehead atoms. The van der Waals surface area contributed by atoms with Crippen LogP contribution in [0.4, 0.5) is 0 Å². The lowest BCUT2D eigenvalue weighted by Gasteiger charge is -2.11. The van der Waals surface area contributed by atoms with Gasteiger partial charge in [0, 0.05) is 14.1 Å². The highest BCUT2D eigenvalue weighted by Gasteiger charge is 2.22. The quantitative estimate of drug-likeness (QED) is 0.474. The lowest BCUT2D eigenvalue weighted by Crippen LogP contribution is -2.37. The normalized spacial score (nSPS) is 11.0. The van der Waals surface area contributed by atoms with Crippen LogP contribution >= 0.6 is 11.6 Å². The number of benzene rings is 1. The number of Topliss-reactive ketones (excluding diaryl/α,β-unsaturated/α-hetero) is 1. The number of methoxy groups -OCH3 is 2. The maximum Gasteiger partial charge on any atom is 0.332 e. The molecule has 0 fully saturated rings. The van der Waals surface area contributed by atoms with Crippen molar-refractivity contribution < 1.29 is 14.3 Å². The molecule has 3 rings (SSSR count). The number of fused-ring (bicyclic) bond motifs is 1. The summed E-state index contributed by atoms with van der Waals surface area (Å²) in [5.74, 6) is 0.489. The standard InChI is InChI=1S/C17H17ClN4O5/c1-20-14-13(15(24)21(2)17(20)25)22(16(18)19-14)8-11(23)10-7-9(26-3)5-6-12(10)27-4/h5-7H,8H2,1-4H3. The molecule has 0 amide bonds. The summed E-state index contributed by atoms with van der Waals surface area (Å²) in [7, 11) is 5.76. The molecular formula is C17H17ClN4O5. The number of aromatic nitrogens is 4. The highest BCUT2D eigenvalue weighted by Crippen LogP contribution is 2.26. The molecule has 0 spiro atoms. The highest BCUT2D eigenvalue weighted by atomic mass is 35.5. The fourth-order valence-corrected chi connectivity index (χ4v) is 3.05. The fourth-order valence-electron chi connectivity index (χ4n) is 2.82. The maximum absolute atomic E-state index is 12.9. The van der Waals surface area contributed by atoms with Crippen LogP contribution in [0.3, 0.4) is 0 Å². The molecule has 0 saturated carbocycles. The van der Waals surface area contributed by atoms with Crippen LogP contribution in [-0.4, -0.2) is 38.7 Å². The number of carbonyl (C=O) groups excluding carboxylic acids is 1. The molecule has 0 aliphatic carbocycles. The van der Waals surface area contributed by atoms with E-state index in [1.165, 1.54) is 37.4 Å². The molecule has 1 aromatic carbocycles. The minimum atomic E-state index is -0.585. The van der Waals surface area contributed by atoms with Gasteiger partial charge in [0.1, 0.15) is 11.5 Å². The smallest absolute Gasteiger partial charge is 0.332 e. The van der Waals surface area contributed by atoms with Crippen molar-refractivity contribution in [3.8, 4) is 11.5 Å². The number of hydrogen-bond acceptors (Lipinski definition) is 6. The number of halogens is 1. The van der Waals surface area contributed by atoms with Crippen LogP contribution in [0.25, 0.3) is 11.2 Å². The molecule has 0 N–H and O–H groups in total. The van der Waals surface area contributed by atoms with Crippen LogP contribution in [0.2, 0.25) is 5.28 Å². The molecule has 0 unspecified atom stereocenters. The first-order valence-corrected chi connectivity index (χ1v) is 8.25. The summed E-state index contributed by atoms with van der Waals surface area (Å²) in [6.45, 7) is -0.258. The first-order valence-electron chi connectivity index (χ1n) is 7.87. The lowest BCUT2D eigenvalue weighted by molar-refractivity contribution is 0.0970. The highest BCUT2D eigenvalue weighted by molar-refractivity contribution is 6.29. The number of carbonyl (C=O) groups is 1. The van der Waals surface area contributed by atoms with Crippen molar-refractivity contribution in [3.05, 3.63) is 49.9 Å². The Labute approximate surface area is 158 Å². The van der Waals surface area contributed by atoms with E-state index in [0.717, 1.165) is 4.57 Å². The molecule has 0 aliphatic heterocycles. The third-order valence-electron chi connectivity index (χ3n) is 4.31. The lowest BCUT2D eigenvalue weighted by atomic mass is 10.1. The Balaban J connectivity index is 2.16. The summed E-state index contributed by atoms with van der Waals surface area (Å²) in [4.78, 5) is 41.6. The van der Waals surface area contributed by atoms with E-state index in [0.29, 0.717) is 11.5 Å². The summed E-state index contributed by atoms with van der Waals surface area (Å²) in [6.07, 6.45) is 0. The van der Waals surface area contributed by atoms with Crippen LogP contribution in [0.1, 0.15) is 10.4 Å². The minimum absolute atomic E-state index is 0.0693. The van der Waals surface area contributed by atoms with Crippen LogP contribution in [0.5, 0.6) is 11.5 Å². The third-order valence-corrected chi connectivity index (χ3v) is 4.60. The van der Waals surface area contributed by atoms with Gasteiger partial charge in [-0.15, -0.1) is 0 Å². The van der Waals surface area contributed by atoms with E-state index >= 15 is 0 Å². The molecule has 9 nitrogen and oxygen atoms in total. The van der Waals surface area contributed by atoms with E-state index in [1.54, 1.807) is 18.2 Å². The summed E-state index contributed by atoms with van der Waals surface area (Å²) in [6, 6.07) is 4.82. The second kappa shape index (κ2) is 6.92. The number of ketones is 1. The van der Waals surface area contributed by atoms with E-state index in [4.69, 9.17) is 21.1 Å². The van der Waals surface area contributed by atoms with Gasteiger partial charge in [0.15, 0.2) is 16.9 Å². The van der Waals surface area contributed by atoms with Crippen molar-refractivity contribution in [2.24, 2.45) is 14.1 Å². The van der Waals surface area contributed by atoms with Gasteiger partial charge in [-0.25, -0.2) is 4.79 Å². The van der Waals surface area contributed by atoms with Gasteiger partial charge in [0.25, 0.3) is 5.56 Å². The predicted molar refractivity (Wildman–Crippen MR) is 99.1 cm³/mol. The average Bonchev–Trinajstić information content (AvgIpc) is 3.00. The predicted octanol–water partition coefficient (Wildman–Crippen LogP) is 0.987. The van der Waals surface area contributed by atoms with Crippen molar-refractivity contribution in [1.82, 2.24) is 18.7 Å². The van der Waals surface area contributed by atoms with Gasteiger partial charge in [0.05, 0.1) is 26.3 Å². The third kappa shape index (κ3) is 2.99. The monoisotopic (exact) mass is 392 g/mol. The molecule has 10 heteroatoms. The van der Waals surface area contributed by atoms with Crippen molar-refractivity contribution in [2.45, 2.75) is 6.54 Å². The molecule has 2 heterocycles. The Morgan fingerprint density at radius 2 is 1.85 bits per heavy atom. The summed E-state index contributed by atoms with van der Waals surface area (Å²) < 4.78 is 13.8. The average molecular weight is 393 g/mol. The van der Waals surface area contributed by atoms with Gasteiger partial charge < -0.3 is 14.0 Å². The summed E-state index contributed by atoms with van der Waals surface area (Å²) >= 11 is 6.16. The zero-order valence-electron chi connectivity index (χ0n) is 15.1. The van der Waals surface area contributed by atoms with Crippen molar-refractivity contribution in [1.29, 1.82) is 0 Å². The second-order valence-corrected chi connectivity index (χ2v) is 6.17. The first-order chi connectivity index (χ1) is 12.8. The first kappa shape index (κ1) is 18.7. The molecule has 2 aromatic heterocycles. The zero-order chi connectivity index (χ0) is 19.9. The van der Waals surface area contributed by atoms with E-state index < -0.39 is 11.2 Å². The molecular weight excluding hydrogens is 376 g/mol. The van der Waals surface area contributed by atoms with Gasteiger partial charge in [-0.2, -0.15) is 4.98 Å². The SMILES string of the molecule is COc1ccc(OC)c(C(=O)Cn2c(Cl)nc3c2c(=O)n(C)c(=O)n3C)c1. The van der Waals surface area contributed by atoms with E-state index in [2.05, 4.69) is 4.98 Å². The van der Waals surface area contributed by atoms with Gasteiger partial charge in [-0.05, 0) is 29.8 Å². The second-order valence-electron chi connectivity index (χ2n) is 5.83. The van der Waals surface area contributed by atoms with E-state index in [1.807, 2.05) is 0 Å². The van der Waals surface area contributed by atoms with Gasteiger partial charge in [-0.3, -0.25) is 18.7 Å². The molecule has 27 heavy (non-hydrogen) atoms. The Kier molecular flexibility index (Phi) is 4.79. The number of aryl methyl sites for hydroxylation is 1. The van der Waals surface area contributed by atoms with Crippen LogP contribution in [-0.2, 0) is 20.6 Å². The summed E-state index contributed by atoms with van der Waals surface area (Å²) in [5.41, 5.74) is -0.665. The number of ether oxygens (including phenoxy) is 2. The zero-order valence-corrected chi connectivity index (χ0v) is 15.9. The van der Waals surface area contributed by atoms with Gasteiger partial charge >= 0.3 is 5.69 Å². The molecule has 0 radical (unpaired) electrons. The number of nitrogens with zero attached hydrogens (tertiary/aromatic N) is 4. The van der Waals surface area contributed by atoms with Crippen molar-refractivity contribution in [3.63, 3.8) is 0 Å². The van der Waals surface area contributed by atoms with Gasteiger partial charge in [0.2, 0.25) is 5.28 Å². The number of imidazole rings is 1. The minimum Gasteiger partial charge on any atom is -0.497 e. The molecule has 3 aromatic rings. The van der Waals surface area contributed by atoms with Gasteiger partial charge in [-0.1, -0.05) is 0 Å². The van der Waals surface area contributed by atoms with Crippen LogP contribution < -0.4 is 20.7 Å². The Morgan fingerprint density at radius 3 is 2.48 bits per heavy atom. The summed E-state index contributed by atoms with van der Waals surface area (Å²) in [5, 5.41) is -0.0708. The largest absolute Gasteiger partial charge is 0.497 e. The molecule has 0 aliphatic rings. The topological polar surface area (TPSA) is 97.3 Å². The maximum atomic E-state index is 12.9. The molecule has 0 saturated heterocycles. The van der Waals surface area contributed by atoms with Crippen LogP contribution in [0, 0.1) is 0 Å². The molecule has 142 valence electrons. The number of hydrogen-bond donors (Lipinski definition) is 0. The van der Waals surface area contributed by atoms with Crippen molar-refractivity contribution >= 4 is 28.5 Å². The Bertz CT molecular complexity index is 1170. The fraction of sp³-hybridized carbons (Fsp3) is 0.294. The van der Waals surface area contributed by atoms with E-state index in [9.17, 15) is 14.4 Å². The van der Waals surface area contributed by atoms with Crippen molar-refractivity contribution in [2.75, 3.05) is 14.2 Å². The Hall–Kier alpha value is -3.07. The van der Waals surface area contributed by atoms with Crippen LogP contribution in [0.15, 0.2) is 27.8 Å².